The number of rotatable bonds is 8. The van der Waals surface area contributed by atoms with Gasteiger partial charge in [-0.05, 0) is 24.1 Å². The van der Waals surface area contributed by atoms with Crippen molar-refractivity contribution in [1.82, 2.24) is 0 Å². The van der Waals surface area contributed by atoms with E-state index in [1.165, 1.54) is 17.9 Å². The predicted octanol–water partition coefficient (Wildman–Crippen LogP) is 2.54. The van der Waals surface area contributed by atoms with Crippen LogP contribution >= 0.6 is 0 Å². The highest BCUT2D eigenvalue weighted by Gasteiger charge is 2.04. The van der Waals surface area contributed by atoms with Crippen molar-refractivity contribution in [2.24, 2.45) is 0 Å². The Morgan fingerprint density at radius 3 is 2.50 bits per heavy atom. The maximum atomic E-state index is 11.6. The molecule has 22 heavy (non-hydrogen) atoms. The third-order valence-electron chi connectivity index (χ3n) is 3.15. The fourth-order valence-electron chi connectivity index (χ4n) is 1.88. The minimum atomic E-state index is -0.305. The van der Waals surface area contributed by atoms with Crippen LogP contribution in [-0.4, -0.2) is 18.3 Å². The van der Waals surface area contributed by atoms with E-state index in [0.717, 1.165) is 12.2 Å². The summed E-state index contributed by atoms with van der Waals surface area (Å²) in [7, 11) is 0. The number of hydrogen-bond donors (Lipinski definition) is 1. The van der Waals surface area contributed by atoms with E-state index >= 15 is 0 Å². The quantitative estimate of drug-likeness (QED) is 0.759. The Bertz CT molecular complexity index is 630. The van der Waals surface area contributed by atoms with Crippen LogP contribution < -0.4 is 14.9 Å². The predicted molar refractivity (Wildman–Crippen MR) is 82.3 cm³/mol. The lowest BCUT2D eigenvalue weighted by atomic mass is 10.2. The summed E-state index contributed by atoms with van der Waals surface area (Å²) >= 11 is 0. The van der Waals surface area contributed by atoms with Crippen LogP contribution in [0.4, 0.5) is 0 Å². The molecule has 0 bridgehead atoms. The van der Waals surface area contributed by atoms with Crippen molar-refractivity contribution in [3.8, 4) is 11.5 Å². The minimum Gasteiger partial charge on any atom is -0.493 e. The molecule has 118 valence electrons. The third-order valence-corrected chi connectivity index (χ3v) is 3.15. The molecule has 0 amide bonds. The third kappa shape index (κ3) is 4.63. The molecule has 1 heterocycles. The lowest BCUT2D eigenvalue weighted by Gasteiger charge is -2.08. The summed E-state index contributed by atoms with van der Waals surface area (Å²) in [5, 5.41) is 8.85. The first-order chi connectivity index (χ1) is 10.7. The van der Waals surface area contributed by atoms with Crippen molar-refractivity contribution >= 4 is 0 Å². The molecule has 0 fully saturated rings. The van der Waals surface area contributed by atoms with Crippen molar-refractivity contribution in [3.05, 3.63) is 58.1 Å². The fourth-order valence-corrected chi connectivity index (χ4v) is 1.88. The second kappa shape index (κ2) is 8.24. The molecule has 0 unspecified atom stereocenters. The zero-order valence-electron chi connectivity index (χ0n) is 12.6. The standard InChI is InChI=1S/C17H20O5/c1-2-13-4-6-14(7-5-13)20-8-3-9-21-17-12-22-15(11-18)10-16(17)19/h4-7,10,12,18H,2-3,8-9,11H2,1H3. The van der Waals surface area contributed by atoms with Gasteiger partial charge in [-0.15, -0.1) is 0 Å². The molecule has 0 saturated heterocycles. The van der Waals surface area contributed by atoms with Crippen LogP contribution in [0.2, 0.25) is 0 Å². The van der Waals surface area contributed by atoms with Gasteiger partial charge in [0.2, 0.25) is 11.2 Å². The molecule has 0 saturated carbocycles. The Labute approximate surface area is 129 Å². The van der Waals surface area contributed by atoms with Crippen LogP contribution in [-0.2, 0) is 13.0 Å². The van der Waals surface area contributed by atoms with Gasteiger partial charge in [-0.2, -0.15) is 0 Å². The SMILES string of the molecule is CCc1ccc(OCCCOc2coc(CO)cc2=O)cc1. The van der Waals surface area contributed by atoms with Crippen molar-refractivity contribution in [2.45, 2.75) is 26.4 Å². The molecule has 0 spiro atoms. The van der Waals surface area contributed by atoms with Crippen LogP contribution in [0, 0.1) is 0 Å². The molecule has 2 rings (SSSR count). The molecule has 0 aliphatic heterocycles. The Balaban J connectivity index is 1.71. The summed E-state index contributed by atoms with van der Waals surface area (Å²) < 4.78 is 16.0. The molecule has 0 aliphatic rings. The molecule has 1 N–H and O–H groups in total. The van der Waals surface area contributed by atoms with Crippen molar-refractivity contribution in [2.75, 3.05) is 13.2 Å². The maximum absolute atomic E-state index is 11.6. The van der Waals surface area contributed by atoms with Crippen molar-refractivity contribution < 1.29 is 19.0 Å². The fraction of sp³-hybridized carbons (Fsp3) is 0.353. The van der Waals surface area contributed by atoms with Gasteiger partial charge >= 0.3 is 0 Å². The van der Waals surface area contributed by atoms with Crippen LogP contribution in [0.3, 0.4) is 0 Å². The molecule has 5 nitrogen and oxygen atoms in total. The molecule has 1 aromatic heterocycles. The van der Waals surface area contributed by atoms with Crippen LogP contribution in [0.1, 0.15) is 24.7 Å². The van der Waals surface area contributed by atoms with Gasteiger partial charge in [0.15, 0.2) is 0 Å². The van der Waals surface area contributed by atoms with E-state index in [4.69, 9.17) is 19.0 Å². The minimum absolute atomic E-state index is 0.143. The first-order valence-electron chi connectivity index (χ1n) is 7.30. The van der Waals surface area contributed by atoms with Gasteiger partial charge in [-0.3, -0.25) is 4.79 Å². The zero-order chi connectivity index (χ0) is 15.8. The van der Waals surface area contributed by atoms with Gasteiger partial charge in [-0.1, -0.05) is 19.1 Å². The number of aryl methyl sites for hydroxylation is 1. The normalized spacial score (nSPS) is 10.5. The van der Waals surface area contributed by atoms with Gasteiger partial charge in [0.05, 0.1) is 13.2 Å². The van der Waals surface area contributed by atoms with Gasteiger partial charge < -0.3 is 19.0 Å². The van der Waals surface area contributed by atoms with E-state index in [1.54, 1.807) is 0 Å². The second-order valence-corrected chi connectivity index (χ2v) is 4.78. The van der Waals surface area contributed by atoms with E-state index < -0.39 is 0 Å². The van der Waals surface area contributed by atoms with Crippen LogP contribution in [0.15, 0.2) is 45.8 Å². The Morgan fingerprint density at radius 1 is 1.14 bits per heavy atom. The number of aliphatic hydroxyl groups is 1. The average Bonchev–Trinajstić information content (AvgIpc) is 2.56. The number of ether oxygens (including phenoxy) is 2. The summed E-state index contributed by atoms with van der Waals surface area (Å²) in [6.45, 7) is 2.67. The second-order valence-electron chi connectivity index (χ2n) is 4.78. The topological polar surface area (TPSA) is 68.9 Å². The summed E-state index contributed by atoms with van der Waals surface area (Å²) in [6, 6.07) is 9.20. The smallest absolute Gasteiger partial charge is 0.227 e. The molecule has 1 aromatic carbocycles. The summed E-state index contributed by atoms with van der Waals surface area (Å²) in [4.78, 5) is 11.6. The van der Waals surface area contributed by atoms with E-state index in [9.17, 15) is 4.79 Å². The number of hydrogen-bond acceptors (Lipinski definition) is 5. The average molecular weight is 304 g/mol. The van der Waals surface area contributed by atoms with E-state index in [1.807, 2.05) is 24.3 Å². The zero-order valence-corrected chi connectivity index (χ0v) is 12.6. The summed E-state index contributed by atoms with van der Waals surface area (Å²) in [5.74, 6) is 1.18. The highest BCUT2D eigenvalue weighted by Crippen LogP contribution is 2.13. The number of aliphatic hydroxyl groups excluding tert-OH is 1. The molecule has 2 aromatic rings. The maximum Gasteiger partial charge on any atom is 0.227 e. The van der Waals surface area contributed by atoms with Crippen LogP contribution in [0.25, 0.3) is 0 Å². The molecule has 0 atom stereocenters. The molecule has 5 heteroatoms. The highest BCUT2D eigenvalue weighted by molar-refractivity contribution is 5.27. The largest absolute Gasteiger partial charge is 0.493 e. The molecular formula is C17H20O5. The molecule has 0 aliphatic carbocycles. The Hall–Kier alpha value is -2.27. The van der Waals surface area contributed by atoms with Crippen molar-refractivity contribution in [3.63, 3.8) is 0 Å². The molecule has 0 radical (unpaired) electrons. The van der Waals surface area contributed by atoms with Gasteiger partial charge in [0.25, 0.3) is 0 Å². The molecular weight excluding hydrogens is 284 g/mol. The van der Waals surface area contributed by atoms with Gasteiger partial charge in [0.1, 0.15) is 24.4 Å². The Morgan fingerprint density at radius 2 is 1.86 bits per heavy atom. The van der Waals surface area contributed by atoms with E-state index in [2.05, 4.69) is 6.92 Å². The number of benzene rings is 1. The lowest BCUT2D eigenvalue weighted by Crippen LogP contribution is -2.11. The van der Waals surface area contributed by atoms with E-state index in [0.29, 0.717) is 19.6 Å². The summed E-state index contributed by atoms with van der Waals surface area (Å²) in [5.41, 5.74) is 0.972. The first-order valence-corrected chi connectivity index (χ1v) is 7.30. The highest BCUT2D eigenvalue weighted by atomic mass is 16.5. The summed E-state index contributed by atoms with van der Waals surface area (Å²) in [6.07, 6.45) is 2.88. The van der Waals surface area contributed by atoms with Gasteiger partial charge in [0, 0.05) is 12.5 Å². The Kier molecular flexibility index (Phi) is 6.03. The van der Waals surface area contributed by atoms with Crippen molar-refractivity contribution in [1.29, 1.82) is 0 Å². The van der Waals surface area contributed by atoms with E-state index in [-0.39, 0.29) is 23.5 Å². The lowest BCUT2D eigenvalue weighted by molar-refractivity contribution is 0.228. The van der Waals surface area contributed by atoms with Crippen LogP contribution in [0.5, 0.6) is 11.5 Å². The monoisotopic (exact) mass is 304 g/mol. The van der Waals surface area contributed by atoms with Gasteiger partial charge in [-0.25, -0.2) is 0 Å². The first kappa shape index (κ1) is 16.1.